The highest BCUT2D eigenvalue weighted by Gasteiger charge is 2.15. The maximum Gasteiger partial charge on any atom is 0.134 e. The number of hydrogen-bond donors (Lipinski definition) is 2. The fourth-order valence-electron chi connectivity index (χ4n) is 2.29. The van der Waals surface area contributed by atoms with Gasteiger partial charge in [0.15, 0.2) is 0 Å². The maximum atomic E-state index is 5.93. The molecule has 0 aliphatic carbocycles. The summed E-state index contributed by atoms with van der Waals surface area (Å²) in [5, 5.41) is 4.70. The molecule has 0 amide bonds. The van der Waals surface area contributed by atoms with Crippen LogP contribution in [0.25, 0.3) is 11.0 Å². The molecule has 1 heterocycles. The molecule has 1 unspecified atom stereocenters. The lowest BCUT2D eigenvalue weighted by Gasteiger charge is -2.12. The predicted molar refractivity (Wildman–Crippen MR) is 75.7 cm³/mol. The van der Waals surface area contributed by atoms with Crippen molar-refractivity contribution in [1.29, 1.82) is 0 Å². The normalized spacial score (nSPS) is 13.1. The molecular formula is C15H22N2O. The molecule has 18 heavy (non-hydrogen) atoms. The van der Waals surface area contributed by atoms with Gasteiger partial charge in [-0.2, -0.15) is 0 Å². The maximum absolute atomic E-state index is 5.93. The molecule has 3 N–H and O–H groups in total. The van der Waals surface area contributed by atoms with Crippen molar-refractivity contribution in [3.63, 3.8) is 0 Å². The van der Waals surface area contributed by atoms with Crippen LogP contribution in [0.2, 0.25) is 0 Å². The lowest BCUT2D eigenvalue weighted by molar-refractivity contribution is 0.444. The second-order valence-electron chi connectivity index (χ2n) is 4.76. The standard InChI is InChI=1S/C15H22N2O/c1-11-13-7-3-4-8-14(13)18-15(11)12(2)17-10-6-5-9-16/h3-4,7-8,12,17H,5-6,9-10,16H2,1-2H3. The number of hydrogen-bond acceptors (Lipinski definition) is 3. The van der Waals surface area contributed by atoms with Gasteiger partial charge in [0, 0.05) is 5.39 Å². The van der Waals surface area contributed by atoms with E-state index in [2.05, 4.69) is 25.2 Å². The zero-order valence-corrected chi connectivity index (χ0v) is 11.2. The second kappa shape index (κ2) is 6.03. The average molecular weight is 246 g/mol. The molecule has 2 aromatic rings. The van der Waals surface area contributed by atoms with Gasteiger partial charge in [-0.3, -0.25) is 0 Å². The average Bonchev–Trinajstić information content (AvgIpc) is 2.73. The fraction of sp³-hybridized carbons (Fsp3) is 0.467. The number of fused-ring (bicyclic) bond motifs is 1. The Labute approximate surface area is 108 Å². The Morgan fingerprint density at radius 2 is 2.06 bits per heavy atom. The zero-order chi connectivity index (χ0) is 13.0. The molecular weight excluding hydrogens is 224 g/mol. The van der Waals surface area contributed by atoms with Crippen LogP contribution in [0.1, 0.15) is 37.1 Å². The molecule has 1 aromatic carbocycles. The third kappa shape index (κ3) is 2.74. The van der Waals surface area contributed by atoms with Crippen molar-refractivity contribution < 1.29 is 4.42 Å². The number of nitrogens with one attached hydrogen (secondary N) is 1. The Bertz CT molecular complexity index is 504. The summed E-state index contributed by atoms with van der Waals surface area (Å²) >= 11 is 0. The Morgan fingerprint density at radius 1 is 1.28 bits per heavy atom. The fourth-order valence-corrected chi connectivity index (χ4v) is 2.29. The van der Waals surface area contributed by atoms with Gasteiger partial charge in [0.25, 0.3) is 0 Å². The first kappa shape index (κ1) is 13.1. The Balaban J connectivity index is 2.08. The van der Waals surface area contributed by atoms with Crippen LogP contribution in [0.3, 0.4) is 0 Å². The molecule has 0 aliphatic rings. The van der Waals surface area contributed by atoms with Gasteiger partial charge < -0.3 is 15.5 Å². The number of furan rings is 1. The van der Waals surface area contributed by atoms with Crippen molar-refractivity contribution >= 4 is 11.0 Å². The Kier molecular flexibility index (Phi) is 4.39. The summed E-state index contributed by atoms with van der Waals surface area (Å²) in [5.74, 6) is 1.05. The van der Waals surface area contributed by atoms with Crippen molar-refractivity contribution in [3.8, 4) is 0 Å². The van der Waals surface area contributed by atoms with Gasteiger partial charge in [0.2, 0.25) is 0 Å². The van der Waals surface area contributed by atoms with Gasteiger partial charge in [0.05, 0.1) is 6.04 Å². The smallest absolute Gasteiger partial charge is 0.134 e. The van der Waals surface area contributed by atoms with E-state index in [0.29, 0.717) is 0 Å². The van der Waals surface area contributed by atoms with Crippen molar-refractivity contribution in [2.24, 2.45) is 5.73 Å². The molecule has 3 heteroatoms. The summed E-state index contributed by atoms with van der Waals surface area (Å²) in [5.41, 5.74) is 7.70. The third-order valence-electron chi connectivity index (χ3n) is 3.36. The number of rotatable bonds is 6. The molecule has 3 nitrogen and oxygen atoms in total. The number of benzene rings is 1. The minimum Gasteiger partial charge on any atom is -0.459 e. The topological polar surface area (TPSA) is 51.2 Å². The lowest BCUT2D eigenvalue weighted by atomic mass is 10.1. The molecule has 0 spiro atoms. The largest absolute Gasteiger partial charge is 0.459 e. The lowest BCUT2D eigenvalue weighted by Crippen LogP contribution is -2.20. The number of para-hydroxylation sites is 1. The van der Waals surface area contributed by atoms with Gasteiger partial charge in [0.1, 0.15) is 11.3 Å². The van der Waals surface area contributed by atoms with Gasteiger partial charge >= 0.3 is 0 Å². The van der Waals surface area contributed by atoms with E-state index in [1.807, 2.05) is 18.2 Å². The number of nitrogens with two attached hydrogens (primary N) is 1. The SMILES string of the molecule is Cc1c(C(C)NCCCCN)oc2ccccc12. The van der Waals surface area contributed by atoms with Crippen LogP contribution in [-0.2, 0) is 0 Å². The highest BCUT2D eigenvalue weighted by molar-refractivity contribution is 5.82. The molecule has 0 radical (unpaired) electrons. The van der Waals surface area contributed by atoms with E-state index in [-0.39, 0.29) is 6.04 Å². The van der Waals surface area contributed by atoms with Crippen LogP contribution in [0.4, 0.5) is 0 Å². The van der Waals surface area contributed by atoms with E-state index in [1.165, 1.54) is 10.9 Å². The molecule has 0 fully saturated rings. The highest BCUT2D eigenvalue weighted by Crippen LogP contribution is 2.28. The van der Waals surface area contributed by atoms with Crippen molar-refractivity contribution in [3.05, 3.63) is 35.6 Å². The van der Waals surface area contributed by atoms with Gasteiger partial charge in [-0.25, -0.2) is 0 Å². The highest BCUT2D eigenvalue weighted by atomic mass is 16.3. The molecule has 1 aromatic heterocycles. The molecule has 0 saturated carbocycles. The van der Waals surface area contributed by atoms with E-state index in [4.69, 9.17) is 10.2 Å². The Hall–Kier alpha value is -1.32. The summed E-state index contributed by atoms with van der Waals surface area (Å²) in [6.45, 7) is 6.01. The zero-order valence-electron chi connectivity index (χ0n) is 11.2. The summed E-state index contributed by atoms with van der Waals surface area (Å²) in [7, 11) is 0. The minimum absolute atomic E-state index is 0.246. The van der Waals surface area contributed by atoms with E-state index in [9.17, 15) is 0 Å². The van der Waals surface area contributed by atoms with Gasteiger partial charge in [-0.05, 0) is 51.4 Å². The molecule has 0 saturated heterocycles. The first-order valence-electron chi connectivity index (χ1n) is 6.65. The van der Waals surface area contributed by atoms with Crippen LogP contribution in [0.15, 0.2) is 28.7 Å². The van der Waals surface area contributed by atoms with E-state index in [1.54, 1.807) is 0 Å². The van der Waals surface area contributed by atoms with Gasteiger partial charge in [-0.15, -0.1) is 0 Å². The number of unbranched alkanes of at least 4 members (excludes halogenated alkanes) is 1. The minimum atomic E-state index is 0.246. The predicted octanol–water partition coefficient (Wildman–Crippen LogP) is 3.13. The summed E-state index contributed by atoms with van der Waals surface area (Å²) in [4.78, 5) is 0. The molecule has 98 valence electrons. The first-order valence-corrected chi connectivity index (χ1v) is 6.65. The monoisotopic (exact) mass is 246 g/mol. The van der Waals surface area contributed by atoms with Gasteiger partial charge in [-0.1, -0.05) is 18.2 Å². The van der Waals surface area contributed by atoms with Crippen LogP contribution in [0, 0.1) is 6.92 Å². The molecule has 2 rings (SSSR count). The first-order chi connectivity index (χ1) is 8.74. The Morgan fingerprint density at radius 3 is 2.78 bits per heavy atom. The summed E-state index contributed by atoms with van der Waals surface area (Å²) in [6.07, 6.45) is 2.18. The second-order valence-corrected chi connectivity index (χ2v) is 4.76. The molecule has 0 aliphatic heterocycles. The van der Waals surface area contributed by atoms with E-state index >= 15 is 0 Å². The summed E-state index contributed by atoms with van der Waals surface area (Å²) in [6, 6.07) is 8.43. The van der Waals surface area contributed by atoms with Crippen LogP contribution < -0.4 is 11.1 Å². The van der Waals surface area contributed by atoms with Crippen LogP contribution in [0.5, 0.6) is 0 Å². The van der Waals surface area contributed by atoms with Crippen LogP contribution >= 0.6 is 0 Å². The van der Waals surface area contributed by atoms with Crippen molar-refractivity contribution in [2.75, 3.05) is 13.1 Å². The summed E-state index contributed by atoms with van der Waals surface area (Å²) < 4.78 is 5.93. The van der Waals surface area contributed by atoms with Crippen molar-refractivity contribution in [1.82, 2.24) is 5.32 Å². The van der Waals surface area contributed by atoms with E-state index < -0.39 is 0 Å². The third-order valence-corrected chi connectivity index (χ3v) is 3.36. The molecule has 1 atom stereocenters. The number of aryl methyl sites for hydroxylation is 1. The quantitative estimate of drug-likeness (QED) is 0.770. The van der Waals surface area contributed by atoms with E-state index in [0.717, 1.165) is 37.3 Å². The van der Waals surface area contributed by atoms with Crippen LogP contribution in [-0.4, -0.2) is 13.1 Å². The molecule has 0 bridgehead atoms. The van der Waals surface area contributed by atoms with Crippen molar-refractivity contribution in [2.45, 2.75) is 32.7 Å².